The van der Waals surface area contributed by atoms with Crippen molar-refractivity contribution in [2.75, 3.05) is 11.9 Å². The van der Waals surface area contributed by atoms with Crippen LogP contribution in [-0.2, 0) is 4.79 Å². The van der Waals surface area contributed by atoms with Gasteiger partial charge in [0.1, 0.15) is 11.3 Å². The lowest BCUT2D eigenvalue weighted by molar-refractivity contribution is -0.125. The third-order valence-corrected chi connectivity index (χ3v) is 7.55. The lowest BCUT2D eigenvalue weighted by atomic mass is 9.73. The highest BCUT2D eigenvalue weighted by molar-refractivity contribution is 6.30. The SMILES string of the molecule is C[C@@]12C(=O)Nc3cc(F)c(F)cc3C(=O)N1C1c3cc(Cl)ccc3OCC1C2c1ccccc1. The van der Waals surface area contributed by atoms with Crippen LogP contribution in [0.3, 0.4) is 0 Å². The number of carbonyl (C=O) groups is 2. The summed E-state index contributed by atoms with van der Waals surface area (Å²) in [5.41, 5.74) is 0.0285. The van der Waals surface area contributed by atoms with Gasteiger partial charge in [0, 0.05) is 28.5 Å². The second-order valence-corrected chi connectivity index (χ2v) is 9.52. The lowest BCUT2D eigenvalue weighted by Crippen LogP contribution is -2.54. The largest absolute Gasteiger partial charge is 0.493 e. The maximum Gasteiger partial charge on any atom is 0.257 e. The molecule has 1 fully saturated rings. The van der Waals surface area contributed by atoms with Crippen LogP contribution in [0.4, 0.5) is 14.5 Å². The monoisotopic (exact) mass is 480 g/mol. The van der Waals surface area contributed by atoms with Crippen LogP contribution in [0.1, 0.15) is 40.4 Å². The maximum atomic E-state index is 14.2. The first-order chi connectivity index (χ1) is 16.3. The Kier molecular flexibility index (Phi) is 4.51. The van der Waals surface area contributed by atoms with Crippen LogP contribution >= 0.6 is 11.6 Å². The van der Waals surface area contributed by atoms with E-state index in [-0.39, 0.29) is 23.8 Å². The Morgan fingerprint density at radius 2 is 1.79 bits per heavy atom. The van der Waals surface area contributed by atoms with Gasteiger partial charge in [-0.3, -0.25) is 9.59 Å². The van der Waals surface area contributed by atoms with Gasteiger partial charge in [0.15, 0.2) is 11.6 Å². The number of rotatable bonds is 1. The molecule has 3 unspecified atom stereocenters. The van der Waals surface area contributed by atoms with Crippen LogP contribution in [0.15, 0.2) is 60.7 Å². The molecule has 3 aliphatic rings. The van der Waals surface area contributed by atoms with E-state index >= 15 is 0 Å². The maximum absolute atomic E-state index is 14.2. The van der Waals surface area contributed by atoms with Crippen molar-refractivity contribution in [3.63, 3.8) is 0 Å². The zero-order valence-corrected chi connectivity index (χ0v) is 18.8. The number of halogens is 3. The van der Waals surface area contributed by atoms with E-state index < -0.39 is 40.9 Å². The van der Waals surface area contributed by atoms with E-state index in [1.54, 1.807) is 25.1 Å². The molecule has 6 rings (SSSR count). The van der Waals surface area contributed by atoms with Gasteiger partial charge in [-0.15, -0.1) is 0 Å². The van der Waals surface area contributed by atoms with Crippen LogP contribution in [0, 0.1) is 17.6 Å². The number of amides is 2. The summed E-state index contributed by atoms with van der Waals surface area (Å²) in [6.07, 6.45) is 0. The molecule has 0 spiro atoms. The van der Waals surface area contributed by atoms with Crippen molar-refractivity contribution in [3.05, 3.63) is 94.0 Å². The highest BCUT2D eigenvalue weighted by Crippen LogP contribution is 2.60. The number of fused-ring (bicyclic) bond motifs is 6. The highest BCUT2D eigenvalue weighted by atomic mass is 35.5. The minimum absolute atomic E-state index is 0.0498. The third kappa shape index (κ3) is 2.76. The Morgan fingerprint density at radius 1 is 1.06 bits per heavy atom. The molecule has 1 saturated heterocycles. The number of nitrogens with zero attached hydrogens (tertiary/aromatic N) is 1. The Morgan fingerprint density at radius 3 is 2.56 bits per heavy atom. The van der Waals surface area contributed by atoms with Crippen molar-refractivity contribution < 1.29 is 23.1 Å². The standard InChI is InChI=1S/C26H19ClF2N2O3/c1-26-22(13-5-3-2-4-6-13)17-12-34-21-8-7-14(27)9-16(21)23(17)31(26)24(32)15-10-18(28)19(29)11-20(15)30-25(26)33/h2-11,17,22-23H,12H2,1H3,(H,30,33)/t17?,22?,23?,26-/m1/s1. The zero-order chi connectivity index (χ0) is 23.8. The van der Waals surface area contributed by atoms with Gasteiger partial charge in [-0.05, 0) is 36.8 Å². The smallest absolute Gasteiger partial charge is 0.257 e. The molecule has 3 aromatic carbocycles. The molecule has 0 radical (unpaired) electrons. The molecule has 172 valence electrons. The molecule has 0 aliphatic carbocycles. The quantitative estimate of drug-likeness (QED) is 0.513. The first-order valence-corrected chi connectivity index (χ1v) is 11.3. The molecule has 3 aromatic rings. The van der Waals surface area contributed by atoms with Crippen molar-refractivity contribution in [3.8, 4) is 5.75 Å². The molecule has 1 N–H and O–H groups in total. The number of nitrogens with one attached hydrogen (secondary N) is 1. The fourth-order valence-corrected chi connectivity index (χ4v) is 6.06. The van der Waals surface area contributed by atoms with Gasteiger partial charge >= 0.3 is 0 Å². The van der Waals surface area contributed by atoms with Crippen LogP contribution in [0.25, 0.3) is 0 Å². The van der Waals surface area contributed by atoms with Gasteiger partial charge in [0.2, 0.25) is 0 Å². The number of carbonyl (C=O) groups excluding carboxylic acids is 2. The number of ether oxygens (including phenoxy) is 1. The number of anilines is 1. The highest BCUT2D eigenvalue weighted by Gasteiger charge is 2.65. The second kappa shape index (κ2) is 7.27. The van der Waals surface area contributed by atoms with E-state index in [1.165, 1.54) is 4.90 Å². The minimum Gasteiger partial charge on any atom is -0.493 e. The van der Waals surface area contributed by atoms with Gasteiger partial charge in [0.25, 0.3) is 11.8 Å². The topological polar surface area (TPSA) is 58.6 Å². The molecular weight excluding hydrogens is 462 g/mol. The average Bonchev–Trinajstić information content (AvgIpc) is 3.07. The molecule has 4 atom stereocenters. The summed E-state index contributed by atoms with van der Waals surface area (Å²) >= 11 is 6.32. The van der Waals surface area contributed by atoms with Crippen LogP contribution in [-0.4, -0.2) is 28.9 Å². The van der Waals surface area contributed by atoms with Crippen LogP contribution in [0.5, 0.6) is 5.75 Å². The first-order valence-electron chi connectivity index (χ1n) is 10.9. The molecule has 34 heavy (non-hydrogen) atoms. The predicted molar refractivity (Wildman–Crippen MR) is 122 cm³/mol. The molecule has 3 aliphatic heterocycles. The number of benzene rings is 3. The molecule has 8 heteroatoms. The van der Waals surface area contributed by atoms with Crippen molar-refractivity contribution in [1.29, 1.82) is 0 Å². The Balaban J connectivity index is 1.64. The Bertz CT molecular complexity index is 1370. The Labute approximate surface area is 199 Å². The van der Waals surface area contributed by atoms with Gasteiger partial charge < -0.3 is 15.0 Å². The van der Waals surface area contributed by atoms with Gasteiger partial charge in [-0.2, -0.15) is 0 Å². The third-order valence-electron chi connectivity index (χ3n) is 7.32. The van der Waals surface area contributed by atoms with Gasteiger partial charge in [-0.25, -0.2) is 8.78 Å². The second-order valence-electron chi connectivity index (χ2n) is 9.08. The van der Waals surface area contributed by atoms with E-state index in [2.05, 4.69) is 5.32 Å². The van der Waals surface area contributed by atoms with Gasteiger partial charge in [0.05, 0.1) is 23.9 Å². The summed E-state index contributed by atoms with van der Waals surface area (Å²) in [5, 5.41) is 3.17. The van der Waals surface area contributed by atoms with E-state index in [1.807, 2.05) is 30.3 Å². The fourth-order valence-electron chi connectivity index (χ4n) is 5.88. The van der Waals surface area contributed by atoms with Crippen molar-refractivity contribution in [2.24, 2.45) is 5.92 Å². The first kappa shape index (κ1) is 21.1. The summed E-state index contributed by atoms with van der Waals surface area (Å²) in [6, 6.07) is 15.8. The fraction of sp³-hybridized carbons (Fsp3) is 0.231. The molecule has 2 amide bonds. The summed E-state index contributed by atoms with van der Waals surface area (Å²) in [7, 11) is 0. The van der Waals surface area contributed by atoms with Crippen molar-refractivity contribution in [2.45, 2.75) is 24.4 Å². The average molecular weight is 481 g/mol. The van der Waals surface area contributed by atoms with E-state index in [4.69, 9.17) is 16.3 Å². The molecule has 0 bridgehead atoms. The lowest BCUT2D eigenvalue weighted by Gasteiger charge is -2.38. The predicted octanol–water partition coefficient (Wildman–Crippen LogP) is 5.32. The molecular formula is C26H19ClF2N2O3. The number of hydrogen-bond donors (Lipinski definition) is 1. The normalized spacial score (nSPS) is 27.1. The Hall–Kier alpha value is -3.45. The summed E-state index contributed by atoms with van der Waals surface area (Å²) in [5.74, 6) is -3.48. The molecule has 0 aromatic heterocycles. The molecule has 5 nitrogen and oxygen atoms in total. The van der Waals surface area contributed by atoms with E-state index in [9.17, 15) is 18.4 Å². The van der Waals surface area contributed by atoms with Gasteiger partial charge in [-0.1, -0.05) is 41.9 Å². The van der Waals surface area contributed by atoms with E-state index in [0.717, 1.165) is 17.7 Å². The molecule has 0 saturated carbocycles. The number of hydrogen-bond acceptors (Lipinski definition) is 3. The summed E-state index contributed by atoms with van der Waals surface area (Å²) < 4.78 is 34.3. The van der Waals surface area contributed by atoms with E-state index in [0.29, 0.717) is 16.3 Å². The summed E-state index contributed by atoms with van der Waals surface area (Å²) in [6.45, 7) is 1.98. The van der Waals surface area contributed by atoms with Crippen LogP contribution < -0.4 is 10.1 Å². The zero-order valence-electron chi connectivity index (χ0n) is 18.0. The minimum atomic E-state index is -1.37. The van der Waals surface area contributed by atoms with Crippen LogP contribution in [0.2, 0.25) is 5.02 Å². The van der Waals surface area contributed by atoms with Crippen molar-refractivity contribution >= 4 is 29.1 Å². The molecule has 3 heterocycles. The summed E-state index contributed by atoms with van der Waals surface area (Å²) in [4.78, 5) is 29.4. The van der Waals surface area contributed by atoms with Crippen molar-refractivity contribution in [1.82, 2.24) is 4.90 Å².